The van der Waals surface area contributed by atoms with Gasteiger partial charge in [0.2, 0.25) is 0 Å². The molecule has 0 fully saturated rings. The Morgan fingerprint density at radius 3 is 2.76 bits per heavy atom. The number of nitrogens with zero attached hydrogens (tertiary/aromatic N) is 3. The van der Waals surface area contributed by atoms with Crippen molar-refractivity contribution in [2.75, 3.05) is 12.4 Å². The summed E-state index contributed by atoms with van der Waals surface area (Å²) in [5, 5.41) is 7.73. The van der Waals surface area contributed by atoms with E-state index in [1.807, 2.05) is 36.5 Å². The summed E-state index contributed by atoms with van der Waals surface area (Å²) in [4.78, 5) is 0. The summed E-state index contributed by atoms with van der Waals surface area (Å²) in [5.41, 5.74) is 1.17. The second-order valence-corrected chi connectivity index (χ2v) is 4.09. The summed E-state index contributed by atoms with van der Waals surface area (Å²) >= 11 is 4.29. The van der Waals surface area contributed by atoms with Gasteiger partial charge in [0.1, 0.15) is 0 Å². The highest BCUT2D eigenvalue weighted by Crippen LogP contribution is 2.08. The van der Waals surface area contributed by atoms with Crippen LogP contribution in [0.25, 0.3) is 0 Å². The van der Waals surface area contributed by atoms with E-state index in [-0.39, 0.29) is 6.04 Å². The van der Waals surface area contributed by atoms with Crippen molar-refractivity contribution in [2.24, 2.45) is 0 Å². The number of hydrogen-bond acceptors (Lipinski definition) is 4. The van der Waals surface area contributed by atoms with E-state index in [4.69, 9.17) is 4.74 Å². The van der Waals surface area contributed by atoms with Crippen LogP contribution in [-0.4, -0.2) is 27.4 Å². The zero-order valence-corrected chi connectivity index (χ0v) is 10.3. The zero-order valence-electron chi connectivity index (χ0n) is 9.44. The number of benzene rings is 1. The lowest BCUT2D eigenvalue weighted by molar-refractivity contribution is 0.0923. The Labute approximate surface area is 106 Å². The van der Waals surface area contributed by atoms with Gasteiger partial charge in [-0.25, -0.2) is 4.68 Å². The molecule has 1 unspecified atom stereocenters. The van der Waals surface area contributed by atoms with Crippen LogP contribution in [0.4, 0.5) is 0 Å². The summed E-state index contributed by atoms with van der Waals surface area (Å²) < 4.78 is 7.43. The molecule has 1 aromatic carbocycles. The lowest BCUT2D eigenvalue weighted by atomic mass is 10.2. The molecule has 0 aliphatic rings. The highest BCUT2D eigenvalue weighted by atomic mass is 32.1. The maximum Gasteiger partial charge on any atom is 0.0858 e. The third kappa shape index (κ3) is 3.57. The third-order valence-electron chi connectivity index (χ3n) is 2.45. The van der Waals surface area contributed by atoms with Gasteiger partial charge in [-0.15, -0.1) is 5.10 Å². The van der Waals surface area contributed by atoms with E-state index in [2.05, 4.69) is 22.9 Å². The molecule has 0 saturated heterocycles. The minimum absolute atomic E-state index is 0.129. The third-order valence-corrected chi connectivity index (χ3v) is 2.87. The van der Waals surface area contributed by atoms with Crippen molar-refractivity contribution in [1.82, 2.24) is 15.0 Å². The van der Waals surface area contributed by atoms with Crippen LogP contribution in [0.3, 0.4) is 0 Å². The van der Waals surface area contributed by atoms with Gasteiger partial charge in [-0.05, 0) is 5.56 Å². The molecule has 0 bridgehead atoms. The second-order valence-electron chi connectivity index (χ2n) is 3.72. The maximum atomic E-state index is 5.66. The summed E-state index contributed by atoms with van der Waals surface area (Å²) in [6.45, 7) is 1.20. The molecular weight excluding hydrogens is 234 g/mol. The van der Waals surface area contributed by atoms with Gasteiger partial charge < -0.3 is 4.74 Å². The van der Waals surface area contributed by atoms with Crippen LogP contribution in [0.2, 0.25) is 0 Å². The number of aromatic nitrogens is 3. The predicted octanol–water partition coefficient (Wildman–Crippen LogP) is 1.97. The average Bonchev–Trinajstić information content (AvgIpc) is 2.90. The van der Waals surface area contributed by atoms with E-state index in [0.717, 1.165) is 0 Å². The quantitative estimate of drug-likeness (QED) is 0.796. The predicted molar refractivity (Wildman–Crippen MR) is 69.0 cm³/mol. The van der Waals surface area contributed by atoms with Gasteiger partial charge in [-0.3, -0.25) is 0 Å². The van der Waals surface area contributed by atoms with Crippen molar-refractivity contribution in [3.05, 3.63) is 48.3 Å². The molecular formula is C12H15N3OS. The minimum atomic E-state index is 0.129. The molecule has 0 N–H and O–H groups in total. The first kappa shape index (κ1) is 12.1. The van der Waals surface area contributed by atoms with Gasteiger partial charge in [0.05, 0.1) is 25.5 Å². The van der Waals surface area contributed by atoms with E-state index in [1.165, 1.54) is 5.56 Å². The first-order chi connectivity index (χ1) is 8.40. The van der Waals surface area contributed by atoms with E-state index < -0.39 is 0 Å². The summed E-state index contributed by atoms with van der Waals surface area (Å²) in [6.07, 6.45) is 3.49. The average molecular weight is 249 g/mol. The van der Waals surface area contributed by atoms with Crippen LogP contribution in [-0.2, 0) is 11.3 Å². The van der Waals surface area contributed by atoms with Gasteiger partial charge in [0.25, 0.3) is 0 Å². The van der Waals surface area contributed by atoms with Crippen LogP contribution in [0.1, 0.15) is 11.6 Å². The highest BCUT2D eigenvalue weighted by molar-refractivity contribution is 7.80. The fourth-order valence-corrected chi connectivity index (χ4v) is 1.78. The van der Waals surface area contributed by atoms with Crippen molar-refractivity contribution < 1.29 is 4.74 Å². The molecule has 0 saturated carbocycles. The van der Waals surface area contributed by atoms with Crippen LogP contribution in [0.15, 0.2) is 42.7 Å². The first-order valence-electron chi connectivity index (χ1n) is 5.48. The largest absolute Gasteiger partial charge is 0.375 e. The number of thiol groups is 1. The molecule has 0 spiro atoms. The summed E-state index contributed by atoms with van der Waals surface area (Å²) in [6, 6.07) is 10.2. The smallest absolute Gasteiger partial charge is 0.0858 e. The van der Waals surface area contributed by atoms with Crippen molar-refractivity contribution >= 4 is 12.6 Å². The normalized spacial score (nSPS) is 12.5. The lowest BCUT2D eigenvalue weighted by Gasteiger charge is -2.14. The summed E-state index contributed by atoms with van der Waals surface area (Å²) in [5.74, 6) is 0.679. The minimum Gasteiger partial charge on any atom is -0.375 e. The fraction of sp³-hybridized carbons (Fsp3) is 0.333. The Morgan fingerprint density at radius 2 is 2.12 bits per heavy atom. The van der Waals surface area contributed by atoms with Gasteiger partial charge >= 0.3 is 0 Å². The Hall–Kier alpha value is -1.33. The molecule has 2 rings (SSSR count). The first-order valence-corrected chi connectivity index (χ1v) is 6.11. The van der Waals surface area contributed by atoms with E-state index in [1.54, 1.807) is 10.9 Å². The number of hydrogen-bond donors (Lipinski definition) is 1. The number of rotatable bonds is 6. The molecule has 5 heteroatoms. The van der Waals surface area contributed by atoms with Crippen LogP contribution in [0.5, 0.6) is 0 Å². The topological polar surface area (TPSA) is 39.9 Å². The monoisotopic (exact) mass is 249 g/mol. The molecule has 4 nitrogen and oxygen atoms in total. The van der Waals surface area contributed by atoms with Gasteiger partial charge in [-0.2, -0.15) is 12.6 Å². The molecule has 2 aromatic rings. The van der Waals surface area contributed by atoms with E-state index in [0.29, 0.717) is 19.0 Å². The highest BCUT2D eigenvalue weighted by Gasteiger charge is 2.09. The maximum absolute atomic E-state index is 5.66. The molecule has 0 amide bonds. The number of ether oxygens (including phenoxy) is 1. The SMILES string of the molecule is SCC(COCc1ccccc1)n1ccnn1. The molecule has 0 aliphatic heterocycles. The molecule has 17 heavy (non-hydrogen) atoms. The zero-order chi connectivity index (χ0) is 11.9. The molecule has 1 heterocycles. The van der Waals surface area contributed by atoms with Crippen molar-refractivity contribution in [1.29, 1.82) is 0 Å². The Kier molecular flexibility index (Phi) is 4.58. The van der Waals surface area contributed by atoms with Gasteiger partial charge in [0.15, 0.2) is 0 Å². The van der Waals surface area contributed by atoms with Crippen molar-refractivity contribution in [2.45, 2.75) is 12.6 Å². The van der Waals surface area contributed by atoms with Crippen molar-refractivity contribution in [3.8, 4) is 0 Å². The lowest BCUT2D eigenvalue weighted by Crippen LogP contribution is -2.17. The Bertz CT molecular complexity index is 419. The Morgan fingerprint density at radius 1 is 1.29 bits per heavy atom. The Balaban J connectivity index is 1.81. The van der Waals surface area contributed by atoms with Crippen LogP contribution in [0, 0.1) is 0 Å². The molecule has 90 valence electrons. The second kappa shape index (κ2) is 6.42. The molecule has 0 aliphatic carbocycles. The fourth-order valence-electron chi connectivity index (χ4n) is 1.51. The standard InChI is InChI=1S/C12H15N3OS/c17-10-12(15-7-6-13-14-15)9-16-8-11-4-2-1-3-5-11/h1-7,12,17H,8-10H2. The molecule has 1 atom stereocenters. The van der Waals surface area contributed by atoms with E-state index in [9.17, 15) is 0 Å². The molecule has 1 aromatic heterocycles. The van der Waals surface area contributed by atoms with Gasteiger partial charge in [0, 0.05) is 11.9 Å². The van der Waals surface area contributed by atoms with Crippen molar-refractivity contribution in [3.63, 3.8) is 0 Å². The van der Waals surface area contributed by atoms with Crippen LogP contribution < -0.4 is 0 Å². The molecule has 0 radical (unpaired) electrons. The van der Waals surface area contributed by atoms with E-state index >= 15 is 0 Å². The van der Waals surface area contributed by atoms with Crippen LogP contribution >= 0.6 is 12.6 Å². The van der Waals surface area contributed by atoms with Gasteiger partial charge in [-0.1, -0.05) is 35.5 Å². The summed E-state index contributed by atoms with van der Waals surface area (Å²) in [7, 11) is 0.